The van der Waals surface area contributed by atoms with E-state index in [0.29, 0.717) is 47.8 Å². The molecule has 0 unspecified atom stereocenters. The zero-order valence-electron chi connectivity index (χ0n) is 12.8. The molecule has 2 aliphatic heterocycles. The molecule has 0 bridgehead atoms. The van der Waals surface area contributed by atoms with Crippen LogP contribution in [0.2, 0.25) is 0 Å². The second-order valence-electron chi connectivity index (χ2n) is 5.55. The molecule has 0 atom stereocenters. The monoisotopic (exact) mass is 322 g/mol. The Hall–Kier alpha value is -3.08. The van der Waals surface area contributed by atoms with E-state index in [0.717, 1.165) is 5.56 Å². The number of fused-ring (bicyclic) bond motifs is 1. The lowest BCUT2D eigenvalue weighted by Crippen LogP contribution is -2.15. The van der Waals surface area contributed by atoms with Crippen molar-refractivity contribution in [1.82, 2.24) is 0 Å². The molecule has 120 valence electrons. The molecule has 2 heterocycles. The first-order valence-electron chi connectivity index (χ1n) is 7.66. The summed E-state index contributed by atoms with van der Waals surface area (Å²) in [5, 5.41) is 0. The van der Waals surface area contributed by atoms with Crippen molar-refractivity contribution >= 4 is 17.5 Å². The van der Waals surface area contributed by atoms with Crippen LogP contribution in [-0.4, -0.2) is 25.2 Å². The van der Waals surface area contributed by atoms with E-state index in [1.807, 2.05) is 30.3 Å². The third kappa shape index (κ3) is 2.54. The molecule has 0 saturated carbocycles. The zero-order chi connectivity index (χ0) is 16.5. The number of carbonyl (C=O) groups excluding carboxylic acids is 2. The van der Waals surface area contributed by atoms with Crippen LogP contribution in [0.15, 0.2) is 54.1 Å². The lowest BCUT2D eigenvalue weighted by molar-refractivity contribution is -0.150. The summed E-state index contributed by atoms with van der Waals surface area (Å²) in [6.07, 6.45) is 0.342. The molecule has 2 aromatic carbocycles. The Morgan fingerprint density at radius 2 is 1.58 bits per heavy atom. The van der Waals surface area contributed by atoms with Crippen molar-refractivity contribution in [2.24, 2.45) is 0 Å². The van der Waals surface area contributed by atoms with Gasteiger partial charge in [0.25, 0.3) is 0 Å². The van der Waals surface area contributed by atoms with E-state index in [1.165, 1.54) is 0 Å². The molecule has 0 aromatic heterocycles. The van der Waals surface area contributed by atoms with Crippen molar-refractivity contribution in [3.63, 3.8) is 0 Å². The van der Waals surface area contributed by atoms with Gasteiger partial charge in [-0.05, 0) is 23.3 Å². The van der Waals surface area contributed by atoms with Gasteiger partial charge in [0, 0.05) is 6.42 Å². The molecule has 0 aliphatic carbocycles. The van der Waals surface area contributed by atoms with E-state index in [2.05, 4.69) is 0 Å². The second-order valence-corrected chi connectivity index (χ2v) is 5.55. The van der Waals surface area contributed by atoms with Gasteiger partial charge < -0.3 is 14.2 Å². The van der Waals surface area contributed by atoms with Crippen LogP contribution in [0, 0.1) is 0 Å². The summed E-state index contributed by atoms with van der Waals surface area (Å²) >= 11 is 0. The topological polar surface area (TPSA) is 61.8 Å². The van der Waals surface area contributed by atoms with Crippen LogP contribution in [0.3, 0.4) is 0 Å². The average Bonchev–Trinajstić information content (AvgIpc) is 2.89. The number of cyclic esters (lactones) is 2. The predicted octanol–water partition coefficient (Wildman–Crippen LogP) is 2.54. The molecule has 0 spiro atoms. The van der Waals surface area contributed by atoms with Gasteiger partial charge in [0.1, 0.15) is 13.2 Å². The van der Waals surface area contributed by atoms with E-state index in [-0.39, 0.29) is 0 Å². The van der Waals surface area contributed by atoms with Gasteiger partial charge in [-0.15, -0.1) is 0 Å². The van der Waals surface area contributed by atoms with E-state index in [9.17, 15) is 9.59 Å². The number of hydrogen-bond donors (Lipinski definition) is 0. The van der Waals surface area contributed by atoms with Gasteiger partial charge in [-0.2, -0.15) is 0 Å². The van der Waals surface area contributed by atoms with Crippen molar-refractivity contribution in [3.05, 3.63) is 65.2 Å². The Balaban J connectivity index is 1.77. The molecule has 0 saturated heterocycles. The summed E-state index contributed by atoms with van der Waals surface area (Å²) < 4.78 is 15.9. The second kappa shape index (κ2) is 5.85. The fourth-order valence-corrected chi connectivity index (χ4v) is 2.87. The number of esters is 2. The van der Waals surface area contributed by atoms with Crippen molar-refractivity contribution < 1.29 is 23.8 Å². The summed E-state index contributed by atoms with van der Waals surface area (Å²) in [5.41, 5.74) is 2.19. The normalized spacial score (nSPS) is 16.3. The van der Waals surface area contributed by atoms with Crippen LogP contribution in [0.1, 0.15) is 11.1 Å². The highest BCUT2D eigenvalue weighted by molar-refractivity contribution is 6.31. The van der Waals surface area contributed by atoms with E-state index in [1.54, 1.807) is 18.2 Å². The zero-order valence-corrected chi connectivity index (χ0v) is 12.8. The summed E-state index contributed by atoms with van der Waals surface area (Å²) in [4.78, 5) is 24.3. The molecular weight excluding hydrogens is 308 g/mol. The Kier molecular flexibility index (Phi) is 3.54. The Morgan fingerprint density at radius 3 is 2.38 bits per heavy atom. The van der Waals surface area contributed by atoms with Crippen LogP contribution in [0.4, 0.5) is 0 Å². The van der Waals surface area contributed by atoms with E-state index >= 15 is 0 Å². The Bertz CT molecular complexity index is 851. The molecule has 0 amide bonds. The SMILES string of the molecule is O=C1OC(=O)C(c2ccc3c(c2)OCCO3)=C1Cc1ccccc1. The first-order valence-corrected chi connectivity index (χ1v) is 7.66. The maximum atomic E-state index is 12.2. The lowest BCUT2D eigenvalue weighted by Gasteiger charge is -2.18. The minimum atomic E-state index is -0.623. The molecular formula is C19H14O5. The van der Waals surface area contributed by atoms with Crippen molar-refractivity contribution in [1.29, 1.82) is 0 Å². The molecule has 2 aliphatic rings. The van der Waals surface area contributed by atoms with Crippen molar-refractivity contribution in [2.45, 2.75) is 6.42 Å². The highest BCUT2D eigenvalue weighted by Gasteiger charge is 2.34. The maximum Gasteiger partial charge on any atom is 0.347 e. The largest absolute Gasteiger partial charge is 0.486 e. The van der Waals surface area contributed by atoms with Crippen LogP contribution in [0.25, 0.3) is 5.57 Å². The lowest BCUT2D eigenvalue weighted by atomic mass is 9.96. The smallest absolute Gasteiger partial charge is 0.347 e. The predicted molar refractivity (Wildman–Crippen MR) is 85.6 cm³/mol. The minimum absolute atomic E-state index is 0.292. The van der Waals surface area contributed by atoms with Gasteiger partial charge in [0.2, 0.25) is 0 Å². The van der Waals surface area contributed by atoms with E-state index < -0.39 is 11.9 Å². The van der Waals surface area contributed by atoms with Gasteiger partial charge in [-0.25, -0.2) is 9.59 Å². The summed E-state index contributed by atoms with van der Waals surface area (Å²) in [6.45, 7) is 0.949. The van der Waals surface area contributed by atoms with Gasteiger partial charge in [-0.1, -0.05) is 36.4 Å². The Morgan fingerprint density at radius 1 is 0.833 bits per heavy atom. The molecule has 24 heavy (non-hydrogen) atoms. The van der Waals surface area contributed by atoms with Crippen LogP contribution in [0.5, 0.6) is 11.5 Å². The van der Waals surface area contributed by atoms with Gasteiger partial charge in [-0.3, -0.25) is 0 Å². The van der Waals surface area contributed by atoms with Crippen molar-refractivity contribution in [3.8, 4) is 11.5 Å². The summed E-state index contributed by atoms with van der Waals surface area (Å²) in [7, 11) is 0. The van der Waals surface area contributed by atoms with Crippen LogP contribution >= 0.6 is 0 Å². The quantitative estimate of drug-likeness (QED) is 0.642. The number of ether oxygens (including phenoxy) is 3. The molecule has 2 aromatic rings. The molecule has 5 nitrogen and oxygen atoms in total. The van der Waals surface area contributed by atoms with Gasteiger partial charge >= 0.3 is 11.9 Å². The third-order valence-electron chi connectivity index (χ3n) is 3.99. The number of carbonyl (C=O) groups is 2. The first-order chi connectivity index (χ1) is 11.7. The van der Waals surface area contributed by atoms with Crippen LogP contribution < -0.4 is 9.47 Å². The molecule has 0 fully saturated rings. The molecule has 0 N–H and O–H groups in total. The highest BCUT2D eigenvalue weighted by Crippen LogP contribution is 2.36. The minimum Gasteiger partial charge on any atom is -0.486 e. The number of rotatable bonds is 3. The summed E-state index contributed by atoms with van der Waals surface area (Å²) in [6, 6.07) is 14.7. The fraction of sp³-hybridized carbons (Fsp3) is 0.158. The van der Waals surface area contributed by atoms with Gasteiger partial charge in [0.15, 0.2) is 11.5 Å². The van der Waals surface area contributed by atoms with E-state index in [4.69, 9.17) is 14.2 Å². The standard InChI is InChI=1S/C19H14O5/c20-18-14(10-12-4-2-1-3-5-12)17(19(21)24-18)13-6-7-15-16(11-13)23-9-8-22-15/h1-7,11H,8-10H2. The Labute approximate surface area is 138 Å². The molecule has 4 rings (SSSR count). The van der Waals surface area contributed by atoms with Crippen LogP contribution in [-0.2, 0) is 20.7 Å². The molecule has 5 heteroatoms. The maximum absolute atomic E-state index is 12.2. The van der Waals surface area contributed by atoms with Gasteiger partial charge in [0.05, 0.1) is 11.1 Å². The first kappa shape index (κ1) is 14.5. The third-order valence-corrected chi connectivity index (χ3v) is 3.99. The van der Waals surface area contributed by atoms with Crippen molar-refractivity contribution in [2.75, 3.05) is 13.2 Å². The summed E-state index contributed by atoms with van der Waals surface area (Å²) in [5.74, 6) is -0.0123. The fourth-order valence-electron chi connectivity index (χ4n) is 2.87. The molecule has 0 radical (unpaired) electrons. The average molecular weight is 322 g/mol. The number of hydrogen-bond acceptors (Lipinski definition) is 5. The number of benzene rings is 2. The highest BCUT2D eigenvalue weighted by atomic mass is 16.6.